The topological polar surface area (TPSA) is 64.6 Å². The summed E-state index contributed by atoms with van der Waals surface area (Å²) in [4.78, 5) is 28.9. The van der Waals surface area contributed by atoms with Gasteiger partial charge in [0.05, 0.1) is 12.2 Å². The van der Waals surface area contributed by atoms with Crippen molar-refractivity contribution in [2.24, 2.45) is 0 Å². The Labute approximate surface area is 155 Å². The summed E-state index contributed by atoms with van der Waals surface area (Å²) < 4.78 is 0. The number of fused-ring (bicyclic) bond motifs is 1. The summed E-state index contributed by atoms with van der Waals surface area (Å²) in [5.74, 6) is 1.97. The molecule has 2 amide bonds. The SMILES string of the molecule is CCNC(=O)N1CCc2nc(N3CCCCC3)nc(N3CCCC3)c2C1. The minimum Gasteiger partial charge on any atom is -0.356 e. The first-order chi connectivity index (χ1) is 12.8. The van der Waals surface area contributed by atoms with E-state index in [-0.39, 0.29) is 6.03 Å². The molecule has 2 fully saturated rings. The van der Waals surface area contributed by atoms with Gasteiger partial charge in [-0.15, -0.1) is 0 Å². The Hall–Kier alpha value is -2.05. The second-order valence-corrected chi connectivity index (χ2v) is 7.52. The molecule has 2 saturated heterocycles. The maximum absolute atomic E-state index is 12.3. The fourth-order valence-electron chi connectivity index (χ4n) is 4.25. The molecule has 1 aromatic rings. The van der Waals surface area contributed by atoms with Gasteiger partial charge in [-0.3, -0.25) is 0 Å². The van der Waals surface area contributed by atoms with Crippen molar-refractivity contribution in [1.29, 1.82) is 0 Å². The first kappa shape index (κ1) is 17.4. The molecule has 1 N–H and O–H groups in total. The molecule has 0 aromatic carbocycles. The van der Waals surface area contributed by atoms with Gasteiger partial charge in [0, 0.05) is 51.3 Å². The largest absolute Gasteiger partial charge is 0.356 e. The zero-order valence-corrected chi connectivity index (χ0v) is 15.8. The minimum atomic E-state index is 0.0191. The molecule has 0 aliphatic carbocycles. The molecule has 0 saturated carbocycles. The van der Waals surface area contributed by atoms with Crippen LogP contribution in [0, 0.1) is 0 Å². The Morgan fingerprint density at radius 2 is 1.65 bits per heavy atom. The van der Waals surface area contributed by atoms with E-state index < -0.39 is 0 Å². The number of amides is 2. The van der Waals surface area contributed by atoms with Crippen LogP contribution in [0.4, 0.5) is 16.6 Å². The Balaban J connectivity index is 1.66. The highest BCUT2D eigenvalue weighted by atomic mass is 16.2. The van der Waals surface area contributed by atoms with Gasteiger partial charge >= 0.3 is 6.03 Å². The normalized spacial score (nSPS) is 20.3. The van der Waals surface area contributed by atoms with Crippen molar-refractivity contribution in [3.63, 3.8) is 0 Å². The molecule has 7 nitrogen and oxygen atoms in total. The van der Waals surface area contributed by atoms with Crippen molar-refractivity contribution in [3.05, 3.63) is 11.3 Å². The van der Waals surface area contributed by atoms with Gasteiger partial charge in [0.15, 0.2) is 0 Å². The second kappa shape index (κ2) is 7.68. The van der Waals surface area contributed by atoms with Gasteiger partial charge < -0.3 is 20.0 Å². The van der Waals surface area contributed by atoms with Crippen LogP contribution in [0.3, 0.4) is 0 Å². The number of urea groups is 1. The number of nitrogens with zero attached hydrogens (tertiary/aromatic N) is 5. The van der Waals surface area contributed by atoms with E-state index in [0.717, 1.165) is 62.2 Å². The third-order valence-corrected chi connectivity index (χ3v) is 5.69. The molecular formula is C19H30N6O. The van der Waals surface area contributed by atoms with Crippen molar-refractivity contribution >= 4 is 17.8 Å². The maximum atomic E-state index is 12.3. The van der Waals surface area contributed by atoms with Gasteiger partial charge in [0.2, 0.25) is 5.95 Å². The number of carbonyl (C=O) groups is 1. The van der Waals surface area contributed by atoms with Crippen LogP contribution in [0.15, 0.2) is 0 Å². The van der Waals surface area contributed by atoms with Crippen LogP contribution >= 0.6 is 0 Å². The summed E-state index contributed by atoms with van der Waals surface area (Å²) >= 11 is 0. The number of piperidine rings is 1. The van der Waals surface area contributed by atoms with E-state index in [9.17, 15) is 4.79 Å². The summed E-state index contributed by atoms with van der Waals surface area (Å²) in [6.07, 6.45) is 7.02. The van der Waals surface area contributed by atoms with E-state index in [2.05, 4.69) is 15.1 Å². The van der Waals surface area contributed by atoms with Crippen LogP contribution in [-0.2, 0) is 13.0 Å². The lowest BCUT2D eigenvalue weighted by molar-refractivity contribution is 0.192. The summed E-state index contributed by atoms with van der Waals surface area (Å²) in [6.45, 7) is 8.20. The standard InChI is InChI=1S/C19H30N6O/c1-2-20-19(26)25-13-8-16-15(14-25)17(23-9-6-7-10-23)22-18(21-16)24-11-4-3-5-12-24/h2-14H2,1H3,(H,20,26). The number of hydrogen-bond donors (Lipinski definition) is 1. The van der Waals surface area contributed by atoms with E-state index in [0.29, 0.717) is 13.1 Å². The fourth-order valence-corrected chi connectivity index (χ4v) is 4.25. The van der Waals surface area contributed by atoms with Crippen LogP contribution in [0.25, 0.3) is 0 Å². The predicted octanol–water partition coefficient (Wildman–Crippen LogP) is 2.15. The number of aromatic nitrogens is 2. The van der Waals surface area contributed by atoms with Crippen LogP contribution < -0.4 is 15.1 Å². The summed E-state index contributed by atoms with van der Waals surface area (Å²) in [7, 11) is 0. The number of nitrogens with one attached hydrogen (secondary N) is 1. The molecule has 1 aromatic heterocycles. The average Bonchev–Trinajstić information content (AvgIpc) is 3.22. The van der Waals surface area contributed by atoms with Crippen molar-refractivity contribution in [2.45, 2.75) is 52.0 Å². The lowest BCUT2D eigenvalue weighted by Crippen LogP contribution is -2.44. The number of rotatable bonds is 3. The van der Waals surface area contributed by atoms with E-state index in [1.165, 1.54) is 32.1 Å². The van der Waals surface area contributed by atoms with Gasteiger partial charge in [-0.2, -0.15) is 4.98 Å². The monoisotopic (exact) mass is 358 g/mol. The highest BCUT2D eigenvalue weighted by Crippen LogP contribution is 2.31. The Morgan fingerprint density at radius 3 is 2.38 bits per heavy atom. The Kier molecular flexibility index (Phi) is 5.13. The molecule has 142 valence electrons. The average molecular weight is 358 g/mol. The maximum Gasteiger partial charge on any atom is 0.317 e. The van der Waals surface area contributed by atoms with E-state index in [1.807, 2.05) is 11.8 Å². The smallest absolute Gasteiger partial charge is 0.317 e. The van der Waals surface area contributed by atoms with E-state index in [4.69, 9.17) is 9.97 Å². The molecule has 4 heterocycles. The van der Waals surface area contributed by atoms with Crippen molar-refractivity contribution in [3.8, 4) is 0 Å². The molecular weight excluding hydrogens is 328 g/mol. The summed E-state index contributed by atoms with van der Waals surface area (Å²) in [5.41, 5.74) is 2.30. The molecule has 0 spiro atoms. The summed E-state index contributed by atoms with van der Waals surface area (Å²) in [5, 5.41) is 2.92. The molecule has 4 rings (SSSR count). The number of carbonyl (C=O) groups excluding carboxylic acids is 1. The first-order valence-corrected chi connectivity index (χ1v) is 10.2. The van der Waals surface area contributed by atoms with Gasteiger partial charge in [-0.1, -0.05) is 0 Å². The van der Waals surface area contributed by atoms with Crippen molar-refractivity contribution in [1.82, 2.24) is 20.2 Å². The van der Waals surface area contributed by atoms with Gasteiger partial charge in [-0.25, -0.2) is 9.78 Å². The predicted molar refractivity (Wildman–Crippen MR) is 103 cm³/mol. The minimum absolute atomic E-state index is 0.0191. The highest BCUT2D eigenvalue weighted by Gasteiger charge is 2.29. The highest BCUT2D eigenvalue weighted by molar-refractivity contribution is 5.75. The summed E-state index contributed by atoms with van der Waals surface area (Å²) in [6, 6.07) is 0.0191. The van der Waals surface area contributed by atoms with Crippen LogP contribution in [0.2, 0.25) is 0 Å². The quantitative estimate of drug-likeness (QED) is 0.897. The third-order valence-electron chi connectivity index (χ3n) is 5.69. The number of anilines is 2. The number of hydrogen-bond acceptors (Lipinski definition) is 5. The van der Waals surface area contributed by atoms with E-state index in [1.54, 1.807) is 0 Å². The van der Waals surface area contributed by atoms with Crippen LogP contribution in [0.5, 0.6) is 0 Å². The van der Waals surface area contributed by atoms with Crippen LogP contribution in [0.1, 0.15) is 50.3 Å². The van der Waals surface area contributed by atoms with Gasteiger partial charge in [0.25, 0.3) is 0 Å². The lowest BCUT2D eigenvalue weighted by atomic mass is 10.1. The third kappa shape index (κ3) is 3.44. The zero-order valence-electron chi connectivity index (χ0n) is 15.8. The van der Waals surface area contributed by atoms with Gasteiger partial charge in [0.1, 0.15) is 5.82 Å². The molecule has 26 heavy (non-hydrogen) atoms. The van der Waals surface area contributed by atoms with E-state index >= 15 is 0 Å². The van der Waals surface area contributed by atoms with Crippen LogP contribution in [-0.4, -0.2) is 60.2 Å². The molecule has 0 bridgehead atoms. The molecule has 0 unspecified atom stereocenters. The molecule has 7 heteroatoms. The van der Waals surface area contributed by atoms with Gasteiger partial charge in [-0.05, 0) is 39.0 Å². The second-order valence-electron chi connectivity index (χ2n) is 7.52. The molecule has 0 radical (unpaired) electrons. The van der Waals surface area contributed by atoms with Crippen molar-refractivity contribution in [2.75, 3.05) is 49.1 Å². The molecule has 3 aliphatic heterocycles. The Bertz CT molecular complexity index is 652. The Morgan fingerprint density at radius 1 is 0.962 bits per heavy atom. The zero-order chi connectivity index (χ0) is 17.9. The lowest BCUT2D eigenvalue weighted by Gasteiger charge is -2.34. The first-order valence-electron chi connectivity index (χ1n) is 10.2. The molecule has 3 aliphatic rings. The van der Waals surface area contributed by atoms with Crippen molar-refractivity contribution < 1.29 is 4.79 Å². The fraction of sp³-hybridized carbons (Fsp3) is 0.737. The molecule has 0 atom stereocenters.